The summed E-state index contributed by atoms with van der Waals surface area (Å²) in [4.78, 5) is 22.7. The summed E-state index contributed by atoms with van der Waals surface area (Å²) in [5.41, 5.74) is 2.16. The molecule has 0 aromatic heterocycles. The van der Waals surface area contributed by atoms with E-state index in [4.69, 9.17) is 0 Å². The van der Waals surface area contributed by atoms with E-state index in [1.807, 2.05) is 38.1 Å². The molecule has 0 heterocycles. The van der Waals surface area contributed by atoms with E-state index in [-0.39, 0.29) is 29.4 Å². The molecular weight excluding hydrogens is 398 g/mol. The van der Waals surface area contributed by atoms with Crippen molar-refractivity contribution >= 4 is 25.3 Å². The molecule has 4 nitrogen and oxygen atoms in total. The maximum atomic E-state index is 11.3. The SMILES string of the molecule is CCP(=O)([O-])c1ccc(C)cc1.CCP(=O)([O-])c1ccc(C)cc1.[Fe+2]. The van der Waals surface area contributed by atoms with Crippen LogP contribution in [0.25, 0.3) is 0 Å². The molecule has 0 saturated heterocycles. The molecule has 2 unspecified atom stereocenters. The predicted molar refractivity (Wildman–Crippen MR) is 97.9 cm³/mol. The number of aryl methyl sites for hydroxylation is 2. The summed E-state index contributed by atoms with van der Waals surface area (Å²) in [6.07, 6.45) is 0.381. The molecule has 2 aromatic rings. The predicted octanol–water partition coefficient (Wildman–Crippen LogP) is 2.55. The van der Waals surface area contributed by atoms with E-state index in [0.717, 1.165) is 11.1 Å². The van der Waals surface area contributed by atoms with Gasteiger partial charge in [-0.05, 0) is 36.8 Å². The molecule has 2 atom stereocenters. The van der Waals surface area contributed by atoms with Crippen LogP contribution in [0.5, 0.6) is 0 Å². The molecule has 0 aliphatic carbocycles. The van der Waals surface area contributed by atoms with Crippen LogP contribution in [0.1, 0.15) is 25.0 Å². The van der Waals surface area contributed by atoms with Gasteiger partial charge in [0.15, 0.2) is 0 Å². The van der Waals surface area contributed by atoms with Crippen molar-refractivity contribution in [1.82, 2.24) is 0 Å². The van der Waals surface area contributed by atoms with Crippen molar-refractivity contribution in [2.45, 2.75) is 27.7 Å². The third-order valence-corrected chi connectivity index (χ3v) is 7.52. The van der Waals surface area contributed by atoms with Crippen molar-refractivity contribution in [1.29, 1.82) is 0 Å². The Hall–Kier alpha value is -0.661. The first kappa shape index (κ1) is 24.3. The van der Waals surface area contributed by atoms with Crippen molar-refractivity contribution in [2.24, 2.45) is 0 Å². The van der Waals surface area contributed by atoms with Gasteiger partial charge in [-0.2, -0.15) is 0 Å². The second-order valence-electron chi connectivity index (χ2n) is 5.65. The first-order valence-corrected chi connectivity index (χ1v) is 11.5. The molecule has 2 rings (SSSR count). The molecule has 0 bridgehead atoms. The number of hydrogen-bond acceptors (Lipinski definition) is 4. The van der Waals surface area contributed by atoms with Crippen LogP contribution in [0.3, 0.4) is 0 Å². The van der Waals surface area contributed by atoms with Crippen LogP contribution in [0.4, 0.5) is 0 Å². The maximum Gasteiger partial charge on any atom is 2.00 e. The Bertz CT molecular complexity index is 677. The van der Waals surface area contributed by atoms with Crippen molar-refractivity contribution in [3.8, 4) is 0 Å². The second kappa shape index (κ2) is 10.5. The summed E-state index contributed by atoms with van der Waals surface area (Å²) in [5, 5.41) is 0.881. The van der Waals surface area contributed by atoms with E-state index in [1.54, 1.807) is 38.1 Å². The van der Waals surface area contributed by atoms with E-state index in [0.29, 0.717) is 10.6 Å². The van der Waals surface area contributed by atoms with Crippen LogP contribution < -0.4 is 20.4 Å². The minimum Gasteiger partial charge on any atom is -0.796 e. The van der Waals surface area contributed by atoms with Crippen LogP contribution in [0.2, 0.25) is 0 Å². The summed E-state index contributed by atoms with van der Waals surface area (Å²) in [7, 11) is -6.59. The van der Waals surface area contributed by atoms with Gasteiger partial charge in [0.2, 0.25) is 0 Å². The Labute approximate surface area is 161 Å². The van der Waals surface area contributed by atoms with Gasteiger partial charge in [-0.15, -0.1) is 0 Å². The molecule has 0 N–H and O–H groups in total. The van der Waals surface area contributed by atoms with Gasteiger partial charge in [0, 0.05) is 14.7 Å². The fourth-order valence-electron chi connectivity index (χ4n) is 1.91. The van der Waals surface area contributed by atoms with Gasteiger partial charge in [0.25, 0.3) is 0 Å². The van der Waals surface area contributed by atoms with Gasteiger partial charge in [0.05, 0.1) is 0 Å². The van der Waals surface area contributed by atoms with Gasteiger partial charge in [-0.3, -0.25) is 0 Å². The van der Waals surface area contributed by atoms with E-state index in [2.05, 4.69) is 0 Å². The number of benzene rings is 2. The molecule has 138 valence electrons. The molecule has 0 spiro atoms. The third kappa shape index (κ3) is 7.62. The van der Waals surface area contributed by atoms with Crippen LogP contribution in [0.15, 0.2) is 48.5 Å². The summed E-state index contributed by atoms with van der Waals surface area (Å²) in [5.74, 6) is 0. The van der Waals surface area contributed by atoms with Crippen LogP contribution in [0, 0.1) is 13.8 Å². The summed E-state index contributed by atoms with van der Waals surface area (Å²) >= 11 is 0. The van der Waals surface area contributed by atoms with E-state index < -0.39 is 14.7 Å². The fraction of sp³-hybridized carbons (Fsp3) is 0.333. The number of rotatable bonds is 4. The first-order valence-electron chi connectivity index (χ1n) is 7.87. The standard InChI is InChI=1S/2C9H13O2P.Fe/c2*1-3-12(10,11)9-6-4-8(2)5-7-9;/h2*4-7H,3H2,1-2H3,(H,10,11);/q;;+2/p-2. The summed E-state index contributed by atoms with van der Waals surface area (Å²) in [6.45, 7) is 7.19. The number of hydrogen-bond donors (Lipinski definition) is 0. The summed E-state index contributed by atoms with van der Waals surface area (Å²) in [6, 6.07) is 13.9. The smallest absolute Gasteiger partial charge is 0.796 e. The maximum absolute atomic E-state index is 11.3. The normalized spacial score (nSPS) is 15.0. The van der Waals surface area contributed by atoms with E-state index in [9.17, 15) is 18.9 Å². The van der Waals surface area contributed by atoms with Crippen molar-refractivity contribution in [3.63, 3.8) is 0 Å². The van der Waals surface area contributed by atoms with Gasteiger partial charge in [0.1, 0.15) is 0 Å². The topological polar surface area (TPSA) is 80.3 Å². The third-order valence-electron chi connectivity index (χ3n) is 3.69. The van der Waals surface area contributed by atoms with E-state index in [1.165, 1.54) is 0 Å². The minimum absolute atomic E-state index is 0. The fourth-order valence-corrected chi connectivity index (χ4v) is 3.85. The second-order valence-corrected chi connectivity index (χ2v) is 10.6. The zero-order chi connectivity index (χ0) is 18.4. The van der Waals surface area contributed by atoms with Crippen molar-refractivity contribution < 1.29 is 36.0 Å². The molecule has 0 aliphatic heterocycles. The van der Waals surface area contributed by atoms with E-state index >= 15 is 0 Å². The Balaban J connectivity index is 0.000000443. The Morgan fingerprint density at radius 1 is 0.680 bits per heavy atom. The Kier molecular flexibility index (Phi) is 10.2. The molecular formula is C18H24FeO4P2. The van der Waals surface area contributed by atoms with Crippen LogP contribution >= 0.6 is 14.7 Å². The largest absolute Gasteiger partial charge is 2.00 e. The molecule has 25 heavy (non-hydrogen) atoms. The zero-order valence-electron chi connectivity index (χ0n) is 14.9. The molecule has 7 heteroatoms. The Morgan fingerprint density at radius 2 is 0.920 bits per heavy atom. The molecule has 0 saturated carbocycles. The van der Waals surface area contributed by atoms with Gasteiger partial charge in [-0.25, -0.2) is 0 Å². The quantitative estimate of drug-likeness (QED) is 0.561. The Morgan fingerprint density at radius 3 is 1.12 bits per heavy atom. The minimum atomic E-state index is -3.30. The zero-order valence-corrected chi connectivity index (χ0v) is 17.8. The van der Waals surface area contributed by atoms with Gasteiger partial charge < -0.3 is 18.9 Å². The molecule has 0 fully saturated rings. The van der Waals surface area contributed by atoms with Crippen LogP contribution in [-0.4, -0.2) is 12.3 Å². The summed E-state index contributed by atoms with van der Waals surface area (Å²) < 4.78 is 22.7. The molecule has 2 aromatic carbocycles. The monoisotopic (exact) mass is 422 g/mol. The average Bonchev–Trinajstić information content (AvgIpc) is 2.56. The van der Waals surface area contributed by atoms with Gasteiger partial charge in [-0.1, -0.05) is 73.5 Å². The van der Waals surface area contributed by atoms with Crippen LogP contribution in [-0.2, 0) is 26.2 Å². The molecule has 0 amide bonds. The van der Waals surface area contributed by atoms with Crippen molar-refractivity contribution in [2.75, 3.05) is 12.3 Å². The molecule has 0 aliphatic rings. The average molecular weight is 422 g/mol. The molecule has 0 radical (unpaired) electrons. The van der Waals surface area contributed by atoms with Crippen molar-refractivity contribution in [3.05, 3.63) is 59.7 Å². The van der Waals surface area contributed by atoms with Gasteiger partial charge >= 0.3 is 17.1 Å². The first-order chi connectivity index (χ1) is 11.1.